The number of aliphatic hydroxyl groups is 2. The van der Waals surface area contributed by atoms with Crippen molar-refractivity contribution in [3.63, 3.8) is 0 Å². The first-order valence-corrected chi connectivity index (χ1v) is 8.60. The maximum atomic E-state index is 11.5. The maximum absolute atomic E-state index is 11.5. The van der Waals surface area contributed by atoms with E-state index >= 15 is 0 Å². The molecule has 122 valence electrons. The molecule has 1 saturated carbocycles. The number of hydrogen-bond donors (Lipinski definition) is 3. The first kappa shape index (κ1) is 15.9. The van der Waals surface area contributed by atoms with Crippen LogP contribution in [0.2, 0.25) is 0 Å². The second-order valence-corrected chi connectivity index (χ2v) is 6.74. The molecule has 0 bridgehead atoms. The Hall–Kier alpha value is -0.940. The number of rotatable bonds is 5. The van der Waals surface area contributed by atoms with Gasteiger partial charge in [0.1, 0.15) is 5.60 Å². The first-order chi connectivity index (χ1) is 10.7. The van der Waals surface area contributed by atoms with Crippen molar-refractivity contribution in [3.8, 4) is 0 Å². The molecule has 0 spiro atoms. The van der Waals surface area contributed by atoms with Gasteiger partial charge >= 0.3 is 0 Å². The second kappa shape index (κ2) is 7.09. The minimum Gasteiger partial charge on any atom is -0.388 e. The molecule has 4 nitrogen and oxygen atoms in total. The van der Waals surface area contributed by atoms with Crippen LogP contribution in [0.25, 0.3) is 0 Å². The van der Waals surface area contributed by atoms with Crippen LogP contribution >= 0.6 is 0 Å². The van der Waals surface area contributed by atoms with Gasteiger partial charge in [-0.3, -0.25) is 4.90 Å². The lowest BCUT2D eigenvalue weighted by molar-refractivity contribution is -0.128. The van der Waals surface area contributed by atoms with Crippen LogP contribution in [0.3, 0.4) is 0 Å². The standard InChI is InChI=1S/C18H28N2O2/c21-17(14-20-12-10-19-11-13-20)18(22,16-8-4-5-9-16)15-6-2-1-3-7-15/h1-3,6-7,16-17,19,21-22H,4-5,8-14H2. The van der Waals surface area contributed by atoms with Crippen LogP contribution in [0.15, 0.2) is 30.3 Å². The highest BCUT2D eigenvalue weighted by atomic mass is 16.3. The summed E-state index contributed by atoms with van der Waals surface area (Å²) < 4.78 is 0. The third kappa shape index (κ3) is 3.20. The third-order valence-electron chi connectivity index (χ3n) is 5.36. The van der Waals surface area contributed by atoms with Crippen molar-refractivity contribution in [3.05, 3.63) is 35.9 Å². The number of nitrogens with zero attached hydrogens (tertiary/aromatic N) is 1. The zero-order chi connectivity index (χ0) is 15.4. The third-order valence-corrected chi connectivity index (χ3v) is 5.36. The zero-order valence-electron chi connectivity index (χ0n) is 13.2. The first-order valence-electron chi connectivity index (χ1n) is 8.60. The fraction of sp³-hybridized carbons (Fsp3) is 0.667. The highest BCUT2D eigenvalue weighted by Crippen LogP contribution is 2.43. The Morgan fingerprint density at radius 2 is 1.77 bits per heavy atom. The molecular formula is C18H28N2O2. The number of piperazine rings is 1. The molecule has 1 aliphatic carbocycles. The molecule has 1 aromatic carbocycles. The van der Waals surface area contributed by atoms with Gasteiger partial charge < -0.3 is 15.5 Å². The largest absolute Gasteiger partial charge is 0.388 e. The zero-order valence-corrected chi connectivity index (χ0v) is 13.2. The van der Waals surface area contributed by atoms with Crippen molar-refractivity contribution in [2.24, 2.45) is 5.92 Å². The predicted molar refractivity (Wildman–Crippen MR) is 87.6 cm³/mol. The number of aliphatic hydroxyl groups excluding tert-OH is 1. The van der Waals surface area contributed by atoms with Crippen molar-refractivity contribution < 1.29 is 10.2 Å². The molecule has 3 rings (SSSR count). The topological polar surface area (TPSA) is 55.7 Å². The van der Waals surface area contributed by atoms with Crippen LogP contribution in [-0.2, 0) is 5.60 Å². The highest BCUT2D eigenvalue weighted by molar-refractivity contribution is 5.25. The SMILES string of the molecule is OC(CN1CCNCC1)C(O)(c1ccccc1)C1CCCC1. The van der Waals surface area contributed by atoms with E-state index in [0.29, 0.717) is 6.54 Å². The van der Waals surface area contributed by atoms with Crippen molar-refractivity contribution in [2.75, 3.05) is 32.7 Å². The van der Waals surface area contributed by atoms with Crippen LogP contribution in [0, 0.1) is 5.92 Å². The van der Waals surface area contributed by atoms with E-state index in [2.05, 4.69) is 10.2 Å². The summed E-state index contributed by atoms with van der Waals surface area (Å²) in [6, 6.07) is 9.78. The lowest BCUT2D eigenvalue weighted by Crippen LogP contribution is -2.53. The van der Waals surface area contributed by atoms with Gasteiger partial charge in [0.2, 0.25) is 0 Å². The summed E-state index contributed by atoms with van der Waals surface area (Å²) >= 11 is 0. The lowest BCUT2D eigenvalue weighted by atomic mass is 9.76. The van der Waals surface area contributed by atoms with Gasteiger partial charge in [-0.2, -0.15) is 0 Å². The molecule has 4 heteroatoms. The second-order valence-electron chi connectivity index (χ2n) is 6.74. The fourth-order valence-electron chi connectivity index (χ4n) is 4.05. The van der Waals surface area contributed by atoms with Gasteiger partial charge in [-0.15, -0.1) is 0 Å². The van der Waals surface area contributed by atoms with E-state index in [1.807, 2.05) is 30.3 Å². The number of hydrogen-bond acceptors (Lipinski definition) is 4. The van der Waals surface area contributed by atoms with Gasteiger partial charge in [0.25, 0.3) is 0 Å². The summed E-state index contributed by atoms with van der Waals surface area (Å²) in [5.74, 6) is 0.160. The van der Waals surface area contributed by atoms with Gasteiger partial charge in [-0.1, -0.05) is 43.2 Å². The van der Waals surface area contributed by atoms with Crippen LogP contribution in [0.4, 0.5) is 0 Å². The number of β-amino-alcohol motifs (C(OH)–C–C–N with tert-alkyl or cyclic N) is 1. The Bertz CT molecular complexity index is 455. The molecule has 0 radical (unpaired) electrons. The van der Waals surface area contributed by atoms with Gasteiger partial charge in [-0.05, 0) is 24.3 Å². The van der Waals surface area contributed by atoms with E-state index in [0.717, 1.165) is 57.4 Å². The van der Waals surface area contributed by atoms with E-state index < -0.39 is 11.7 Å². The predicted octanol–water partition coefficient (Wildman–Crippen LogP) is 1.33. The van der Waals surface area contributed by atoms with E-state index in [9.17, 15) is 10.2 Å². The lowest BCUT2D eigenvalue weighted by Gasteiger charge is -2.41. The van der Waals surface area contributed by atoms with Crippen LogP contribution in [0.5, 0.6) is 0 Å². The van der Waals surface area contributed by atoms with Gasteiger partial charge in [0.05, 0.1) is 6.10 Å². The molecule has 2 fully saturated rings. The summed E-state index contributed by atoms with van der Waals surface area (Å²) in [6.45, 7) is 4.34. The number of nitrogens with one attached hydrogen (secondary N) is 1. The van der Waals surface area contributed by atoms with Crippen LogP contribution in [-0.4, -0.2) is 53.9 Å². The molecule has 1 aromatic rings. The van der Waals surface area contributed by atoms with Gasteiger partial charge in [0, 0.05) is 32.7 Å². The quantitative estimate of drug-likeness (QED) is 0.768. The summed E-state index contributed by atoms with van der Waals surface area (Å²) in [5, 5.41) is 25.7. The molecule has 1 saturated heterocycles. The molecule has 1 aliphatic heterocycles. The molecule has 2 unspecified atom stereocenters. The average Bonchev–Trinajstić information content (AvgIpc) is 3.11. The molecule has 2 aliphatic rings. The van der Waals surface area contributed by atoms with Crippen molar-refractivity contribution in [2.45, 2.75) is 37.4 Å². The highest BCUT2D eigenvalue weighted by Gasteiger charge is 2.46. The molecule has 2 atom stereocenters. The molecule has 22 heavy (non-hydrogen) atoms. The molecule has 0 aromatic heterocycles. The Kier molecular flexibility index (Phi) is 5.14. The van der Waals surface area contributed by atoms with Crippen LogP contribution < -0.4 is 5.32 Å². The Labute approximate surface area is 133 Å². The van der Waals surface area contributed by atoms with Gasteiger partial charge in [-0.25, -0.2) is 0 Å². The normalized spacial score (nSPS) is 25.0. The smallest absolute Gasteiger partial charge is 0.119 e. The summed E-state index contributed by atoms with van der Waals surface area (Å²) in [5.41, 5.74) is -0.257. The van der Waals surface area contributed by atoms with Crippen molar-refractivity contribution in [1.82, 2.24) is 10.2 Å². The Balaban J connectivity index is 1.81. The summed E-state index contributed by atoms with van der Waals surface area (Å²) in [7, 11) is 0. The fourth-order valence-corrected chi connectivity index (χ4v) is 4.05. The van der Waals surface area contributed by atoms with E-state index in [1.165, 1.54) is 0 Å². The van der Waals surface area contributed by atoms with Crippen molar-refractivity contribution >= 4 is 0 Å². The molecular weight excluding hydrogens is 276 g/mol. The molecule has 1 heterocycles. The van der Waals surface area contributed by atoms with E-state index in [-0.39, 0.29) is 5.92 Å². The molecule has 0 amide bonds. The van der Waals surface area contributed by atoms with Crippen LogP contribution in [0.1, 0.15) is 31.2 Å². The number of benzene rings is 1. The van der Waals surface area contributed by atoms with E-state index in [1.54, 1.807) is 0 Å². The average molecular weight is 304 g/mol. The maximum Gasteiger partial charge on any atom is 0.119 e. The summed E-state index contributed by atoms with van der Waals surface area (Å²) in [4.78, 5) is 2.25. The van der Waals surface area contributed by atoms with Crippen molar-refractivity contribution in [1.29, 1.82) is 0 Å². The molecule has 3 N–H and O–H groups in total. The minimum atomic E-state index is -1.12. The minimum absolute atomic E-state index is 0.160. The van der Waals surface area contributed by atoms with E-state index in [4.69, 9.17) is 0 Å². The monoisotopic (exact) mass is 304 g/mol. The Morgan fingerprint density at radius 1 is 1.14 bits per heavy atom. The Morgan fingerprint density at radius 3 is 2.41 bits per heavy atom. The summed E-state index contributed by atoms with van der Waals surface area (Å²) in [6.07, 6.45) is 3.57. The van der Waals surface area contributed by atoms with Gasteiger partial charge in [0.15, 0.2) is 0 Å².